The van der Waals surface area contributed by atoms with E-state index < -0.39 is 10.8 Å². The summed E-state index contributed by atoms with van der Waals surface area (Å²) in [4.78, 5) is 22.8. The molecule has 0 spiro atoms. The van der Waals surface area contributed by atoms with Crippen LogP contribution in [0.1, 0.15) is 5.76 Å². The predicted octanol–water partition coefficient (Wildman–Crippen LogP) is 5.71. The van der Waals surface area contributed by atoms with Crippen LogP contribution in [-0.2, 0) is 4.79 Å². The molecule has 1 heterocycles. The maximum Gasteiger partial charge on any atom is 0.288 e. The number of nitriles is 1. The first-order chi connectivity index (χ1) is 13.9. The summed E-state index contributed by atoms with van der Waals surface area (Å²) in [6.07, 6.45) is 1.27. The number of hydrogen-bond donors (Lipinski definition) is 1. The van der Waals surface area contributed by atoms with Crippen molar-refractivity contribution in [1.29, 1.82) is 5.26 Å². The first kappa shape index (κ1) is 20.1. The van der Waals surface area contributed by atoms with Crippen molar-refractivity contribution in [2.24, 2.45) is 0 Å². The van der Waals surface area contributed by atoms with Crippen molar-refractivity contribution in [2.75, 3.05) is 5.32 Å². The summed E-state index contributed by atoms with van der Waals surface area (Å²) in [5.41, 5.74) is 0.434. The van der Waals surface area contributed by atoms with E-state index in [1.165, 1.54) is 18.2 Å². The lowest BCUT2D eigenvalue weighted by Gasteiger charge is -2.04. The summed E-state index contributed by atoms with van der Waals surface area (Å²) >= 11 is 11.7. The summed E-state index contributed by atoms with van der Waals surface area (Å²) < 4.78 is 5.60. The molecule has 0 bridgehead atoms. The Balaban J connectivity index is 1.84. The zero-order valence-corrected chi connectivity index (χ0v) is 16.1. The van der Waals surface area contributed by atoms with Crippen LogP contribution in [0.3, 0.4) is 0 Å². The third-order valence-electron chi connectivity index (χ3n) is 3.79. The minimum atomic E-state index is -0.630. The molecule has 3 rings (SSSR count). The molecule has 0 radical (unpaired) electrons. The normalized spacial score (nSPS) is 11.0. The zero-order valence-electron chi connectivity index (χ0n) is 14.6. The summed E-state index contributed by atoms with van der Waals surface area (Å²) in [6, 6.07) is 15.7. The number of halogens is 2. The van der Waals surface area contributed by atoms with Gasteiger partial charge in [0.2, 0.25) is 0 Å². The molecule has 9 heteroatoms. The number of nitrogens with one attached hydrogen (secondary N) is 1. The minimum absolute atomic E-state index is 0.00915. The summed E-state index contributed by atoms with van der Waals surface area (Å²) in [5, 5.41) is 23.4. The number of amides is 1. The lowest BCUT2D eigenvalue weighted by molar-refractivity contribution is -0.384. The van der Waals surface area contributed by atoms with Crippen LogP contribution in [0.5, 0.6) is 0 Å². The van der Waals surface area contributed by atoms with E-state index in [0.29, 0.717) is 22.0 Å². The van der Waals surface area contributed by atoms with Crippen LogP contribution >= 0.6 is 23.2 Å². The molecule has 2 aromatic carbocycles. The Kier molecular flexibility index (Phi) is 5.98. The van der Waals surface area contributed by atoms with Crippen molar-refractivity contribution in [2.45, 2.75) is 0 Å². The molecule has 0 unspecified atom stereocenters. The van der Waals surface area contributed by atoms with Crippen molar-refractivity contribution in [1.82, 2.24) is 0 Å². The highest BCUT2D eigenvalue weighted by molar-refractivity contribution is 6.32. The molecule has 0 atom stereocenters. The molecule has 1 amide bonds. The lowest BCUT2D eigenvalue weighted by atomic mass is 10.1. The van der Waals surface area contributed by atoms with Gasteiger partial charge in [0.15, 0.2) is 0 Å². The van der Waals surface area contributed by atoms with E-state index in [0.717, 1.165) is 0 Å². The molecule has 29 heavy (non-hydrogen) atoms. The average molecular weight is 428 g/mol. The fourth-order valence-electron chi connectivity index (χ4n) is 2.45. The van der Waals surface area contributed by atoms with Crippen molar-refractivity contribution in [3.63, 3.8) is 0 Å². The van der Waals surface area contributed by atoms with Gasteiger partial charge in [0, 0.05) is 28.4 Å². The summed E-state index contributed by atoms with van der Waals surface area (Å²) in [7, 11) is 0. The van der Waals surface area contributed by atoms with Crippen LogP contribution in [0.4, 0.5) is 11.4 Å². The second kappa shape index (κ2) is 8.61. The fraction of sp³-hybridized carbons (Fsp3) is 0. The largest absolute Gasteiger partial charge is 0.457 e. The maximum atomic E-state index is 12.3. The number of nitro groups is 1. The number of hydrogen-bond acceptors (Lipinski definition) is 5. The van der Waals surface area contributed by atoms with Crippen molar-refractivity contribution < 1.29 is 14.1 Å². The highest BCUT2D eigenvalue weighted by Crippen LogP contribution is 2.31. The monoisotopic (exact) mass is 427 g/mol. The minimum Gasteiger partial charge on any atom is -0.457 e. The molecule has 0 saturated heterocycles. The molecule has 144 valence electrons. The van der Waals surface area contributed by atoms with Gasteiger partial charge in [-0.1, -0.05) is 29.3 Å². The number of carbonyl (C=O) groups is 1. The van der Waals surface area contributed by atoms with Crippen LogP contribution in [0.25, 0.3) is 17.4 Å². The van der Waals surface area contributed by atoms with Gasteiger partial charge < -0.3 is 9.73 Å². The average Bonchev–Trinajstić information content (AvgIpc) is 3.14. The Hall–Kier alpha value is -3.60. The van der Waals surface area contributed by atoms with Gasteiger partial charge in [0.25, 0.3) is 11.6 Å². The number of nitrogens with zero attached hydrogens (tertiary/aromatic N) is 2. The second-order valence-corrected chi connectivity index (χ2v) is 6.60. The molecule has 1 aromatic heterocycles. The van der Waals surface area contributed by atoms with Gasteiger partial charge in [0.05, 0.1) is 4.92 Å². The molecule has 0 aliphatic rings. The Morgan fingerprint density at radius 1 is 1.17 bits per heavy atom. The van der Waals surface area contributed by atoms with Crippen LogP contribution in [0.15, 0.2) is 64.6 Å². The van der Waals surface area contributed by atoms with Crippen LogP contribution in [0.2, 0.25) is 10.0 Å². The van der Waals surface area contributed by atoms with Gasteiger partial charge in [-0.2, -0.15) is 5.26 Å². The first-order valence-electron chi connectivity index (χ1n) is 8.10. The molecule has 0 fully saturated rings. The topological polar surface area (TPSA) is 109 Å². The van der Waals surface area contributed by atoms with Gasteiger partial charge in [-0.3, -0.25) is 14.9 Å². The van der Waals surface area contributed by atoms with E-state index >= 15 is 0 Å². The van der Waals surface area contributed by atoms with E-state index in [1.54, 1.807) is 42.5 Å². The third-order valence-corrected chi connectivity index (χ3v) is 4.34. The third kappa shape index (κ3) is 4.82. The van der Waals surface area contributed by atoms with E-state index in [1.807, 2.05) is 6.07 Å². The number of furan rings is 1. The van der Waals surface area contributed by atoms with E-state index in [9.17, 15) is 20.2 Å². The highest BCUT2D eigenvalue weighted by atomic mass is 35.5. The van der Waals surface area contributed by atoms with E-state index in [2.05, 4.69) is 5.32 Å². The van der Waals surface area contributed by atoms with Gasteiger partial charge in [-0.05, 0) is 42.5 Å². The molecule has 0 aliphatic carbocycles. The summed E-state index contributed by atoms with van der Waals surface area (Å²) in [5.74, 6) is -0.0752. The molecular formula is C20H11Cl2N3O4. The smallest absolute Gasteiger partial charge is 0.288 e. The molecule has 1 N–H and O–H groups in total. The molecule has 7 nitrogen and oxygen atoms in total. The Labute approximate surface area is 174 Å². The Morgan fingerprint density at radius 3 is 2.66 bits per heavy atom. The predicted molar refractivity (Wildman–Crippen MR) is 109 cm³/mol. The number of carbonyl (C=O) groups excluding carboxylic acids is 1. The van der Waals surface area contributed by atoms with Crippen LogP contribution < -0.4 is 5.32 Å². The van der Waals surface area contributed by atoms with Crippen LogP contribution in [0, 0.1) is 21.4 Å². The zero-order chi connectivity index (χ0) is 21.0. The van der Waals surface area contributed by atoms with Gasteiger partial charge in [0.1, 0.15) is 28.2 Å². The highest BCUT2D eigenvalue weighted by Gasteiger charge is 2.16. The van der Waals surface area contributed by atoms with Crippen molar-refractivity contribution in [3.05, 3.63) is 86.1 Å². The van der Waals surface area contributed by atoms with E-state index in [-0.39, 0.29) is 22.0 Å². The number of nitro benzene ring substituents is 1. The number of anilines is 1. The first-order valence-corrected chi connectivity index (χ1v) is 8.86. The number of rotatable bonds is 5. The maximum absolute atomic E-state index is 12.3. The molecule has 0 aliphatic heterocycles. The Morgan fingerprint density at radius 2 is 1.97 bits per heavy atom. The summed E-state index contributed by atoms with van der Waals surface area (Å²) in [6.45, 7) is 0. The van der Waals surface area contributed by atoms with Crippen molar-refractivity contribution >= 4 is 46.6 Å². The van der Waals surface area contributed by atoms with Crippen molar-refractivity contribution in [3.8, 4) is 17.4 Å². The quantitative estimate of drug-likeness (QED) is 0.242. The SMILES string of the molecule is N#C/C(=C\c1ccc(-c2ccc(Cl)c([N+](=O)[O-])c2)o1)C(=O)Nc1cccc(Cl)c1. The second-order valence-electron chi connectivity index (χ2n) is 5.76. The molecule has 0 saturated carbocycles. The Bertz CT molecular complexity index is 1180. The lowest BCUT2D eigenvalue weighted by Crippen LogP contribution is -2.13. The van der Waals surface area contributed by atoms with Gasteiger partial charge >= 0.3 is 0 Å². The van der Waals surface area contributed by atoms with Gasteiger partial charge in [-0.25, -0.2) is 0 Å². The fourth-order valence-corrected chi connectivity index (χ4v) is 2.82. The molecule has 3 aromatic rings. The standard InChI is InChI=1S/C20H11Cl2N3O4/c21-14-2-1-3-15(10-14)24-20(26)13(11-23)8-16-5-7-19(29-16)12-4-6-17(22)18(9-12)25(27)28/h1-10H,(H,24,26)/b13-8+. The van der Waals surface area contributed by atoms with Gasteiger partial charge in [-0.15, -0.1) is 0 Å². The molecular weight excluding hydrogens is 417 g/mol. The number of benzene rings is 2. The van der Waals surface area contributed by atoms with Crippen LogP contribution in [-0.4, -0.2) is 10.8 Å². The van der Waals surface area contributed by atoms with E-state index in [4.69, 9.17) is 27.6 Å².